The fourth-order valence-corrected chi connectivity index (χ4v) is 3.45. The van der Waals surface area contributed by atoms with Crippen LogP contribution in [0.3, 0.4) is 0 Å². The minimum atomic E-state index is -3.35. The topological polar surface area (TPSA) is 66.5 Å². The van der Waals surface area contributed by atoms with Gasteiger partial charge in [-0.3, -0.25) is 4.79 Å². The van der Waals surface area contributed by atoms with E-state index in [1.807, 2.05) is 12.1 Å². The number of carbonyl (C=O) groups is 1. The van der Waals surface area contributed by atoms with Gasteiger partial charge in [0.05, 0.1) is 11.3 Å². The molecule has 0 spiro atoms. The lowest BCUT2D eigenvalue weighted by Gasteiger charge is -2.43. The van der Waals surface area contributed by atoms with Crippen molar-refractivity contribution in [3.05, 3.63) is 34.9 Å². The van der Waals surface area contributed by atoms with E-state index in [4.69, 9.17) is 11.6 Å². The van der Waals surface area contributed by atoms with Crippen LogP contribution in [0.15, 0.2) is 24.3 Å². The highest BCUT2D eigenvalue weighted by Crippen LogP contribution is 2.41. The Bertz CT molecular complexity index is 637. The zero-order chi connectivity index (χ0) is 16.4. The fourth-order valence-electron chi connectivity index (χ4n) is 2.52. The molecule has 1 aromatic carbocycles. The average molecular weight is 345 g/mol. The van der Waals surface area contributed by atoms with Gasteiger partial charge < -0.3 is 5.32 Å². The van der Waals surface area contributed by atoms with Crippen LogP contribution in [-0.4, -0.2) is 38.5 Å². The van der Waals surface area contributed by atoms with E-state index >= 15 is 0 Å². The van der Waals surface area contributed by atoms with Gasteiger partial charge in [0.25, 0.3) is 0 Å². The lowest BCUT2D eigenvalue weighted by Crippen LogP contribution is -2.51. The maximum Gasteiger partial charge on any atom is 0.221 e. The number of benzene rings is 1. The van der Waals surface area contributed by atoms with Gasteiger partial charge in [-0.25, -0.2) is 12.7 Å². The van der Waals surface area contributed by atoms with Crippen LogP contribution in [0.1, 0.15) is 31.2 Å². The smallest absolute Gasteiger partial charge is 0.221 e. The van der Waals surface area contributed by atoms with Crippen molar-refractivity contribution >= 4 is 27.5 Å². The molecule has 0 saturated heterocycles. The van der Waals surface area contributed by atoms with Gasteiger partial charge >= 0.3 is 0 Å². The third-order valence-electron chi connectivity index (χ3n) is 4.13. The number of halogens is 1. The summed E-state index contributed by atoms with van der Waals surface area (Å²) >= 11 is 5.90. The van der Waals surface area contributed by atoms with Crippen LogP contribution >= 0.6 is 11.6 Å². The molecule has 1 amide bonds. The maximum absolute atomic E-state index is 12.1. The van der Waals surface area contributed by atoms with Crippen LogP contribution in [0.25, 0.3) is 0 Å². The Balaban J connectivity index is 2.01. The zero-order valence-corrected chi connectivity index (χ0v) is 14.4. The highest BCUT2D eigenvalue weighted by atomic mass is 35.5. The molecule has 1 fully saturated rings. The summed E-state index contributed by atoms with van der Waals surface area (Å²) in [6.45, 7) is 0. The normalized spacial score (nSPS) is 17.1. The predicted molar refractivity (Wildman–Crippen MR) is 87.2 cm³/mol. The van der Waals surface area contributed by atoms with Crippen molar-refractivity contribution in [2.24, 2.45) is 0 Å². The van der Waals surface area contributed by atoms with Gasteiger partial charge in [-0.1, -0.05) is 23.7 Å². The largest absolute Gasteiger partial charge is 0.347 e. The fraction of sp³-hybridized carbons (Fsp3) is 0.533. The summed E-state index contributed by atoms with van der Waals surface area (Å²) in [4.78, 5) is 12.1. The monoisotopic (exact) mass is 344 g/mol. The summed E-state index contributed by atoms with van der Waals surface area (Å²) < 4.78 is 24.6. The van der Waals surface area contributed by atoms with Gasteiger partial charge in [-0.05, 0) is 37.0 Å². The van der Waals surface area contributed by atoms with E-state index in [2.05, 4.69) is 5.32 Å². The van der Waals surface area contributed by atoms with Crippen LogP contribution in [0, 0.1) is 0 Å². The summed E-state index contributed by atoms with van der Waals surface area (Å²) in [5.74, 6) is -0.414. The number of nitrogens with zero attached hydrogens (tertiary/aromatic N) is 1. The van der Waals surface area contributed by atoms with Gasteiger partial charge in [-0.15, -0.1) is 0 Å². The molecule has 22 heavy (non-hydrogen) atoms. The molecule has 1 aliphatic rings. The van der Waals surface area contributed by atoms with Crippen molar-refractivity contribution in [1.29, 1.82) is 0 Å². The summed E-state index contributed by atoms with van der Waals surface area (Å²) in [5.41, 5.74) is 0.649. The molecule has 2 rings (SSSR count). The molecule has 1 aromatic rings. The highest BCUT2D eigenvalue weighted by molar-refractivity contribution is 7.89. The Labute approximate surface area is 136 Å². The molecule has 122 valence electrons. The van der Waals surface area contributed by atoms with Crippen molar-refractivity contribution in [3.8, 4) is 0 Å². The summed E-state index contributed by atoms with van der Waals surface area (Å²) in [6.07, 6.45) is 2.73. The average Bonchev–Trinajstić information content (AvgIpc) is 2.42. The second kappa shape index (κ2) is 6.56. The van der Waals surface area contributed by atoms with Gasteiger partial charge in [0, 0.05) is 25.5 Å². The van der Waals surface area contributed by atoms with Crippen molar-refractivity contribution in [3.63, 3.8) is 0 Å². The zero-order valence-electron chi connectivity index (χ0n) is 12.8. The van der Waals surface area contributed by atoms with Crippen LogP contribution in [0.5, 0.6) is 0 Å². The lowest BCUT2D eigenvalue weighted by atomic mass is 9.71. The molecule has 0 aromatic heterocycles. The second-order valence-electron chi connectivity index (χ2n) is 5.84. The number of sulfonamides is 1. The Morgan fingerprint density at radius 1 is 1.27 bits per heavy atom. The molecular weight excluding hydrogens is 324 g/mol. The molecule has 5 nitrogen and oxygen atoms in total. The minimum Gasteiger partial charge on any atom is -0.347 e. The van der Waals surface area contributed by atoms with Crippen molar-refractivity contribution in [2.45, 2.75) is 31.2 Å². The predicted octanol–water partition coefficient (Wildman–Crippen LogP) is 2.12. The van der Waals surface area contributed by atoms with Gasteiger partial charge in [0.15, 0.2) is 0 Å². The standard InChI is InChI=1S/C15H21ClN2O3S/c1-18(2)22(20,21)11-8-14(19)17-15(9-3-10-15)12-4-6-13(16)7-5-12/h4-7H,3,8-11H2,1-2H3,(H,17,19). The number of hydrogen-bond donors (Lipinski definition) is 1. The molecular formula is C15H21ClN2O3S. The Morgan fingerprint density at radius 2 is 1.86 bits per heavy atom. The molecule has 0 bridgehead atoms. The van der Waals surface area contributed by atoms with Crippen LogP contribution in [0.4, 0.5) is 0 Å². The van der Waals surface area contributed by atoms with Crippen LogP contribution < -0.4 is 5.32 Å². The second-order valence-corrected chi connectivity index (χ2v) is 8.58. The lowest BCUT2D eigenvalue weighted by molar-refractivity contribution is -0.124. The van der Waals surface area contributed by atoms with E-state index in [0.29, 0.717) is 5.02 Å². The third kappa shape index (κ3) is 3.80. The van der Waals surface area contributed by atoms with E-state index in [0.717, 1.165) is 29.1 Å². The molecule has 1 saturated carbocycles. The number of carbonyl (C=O) groups excluding carboxylic acids is 1. The molecule has 0 atom stereocenters. The van der Waals surface area contributed by atoms with E-state index in [9.17, 15) is 13.2 Å². The molecule has 1 N–H and O–H groups in total. The number of hydrogen-bond acceptors (Lipinski definition) is 3. The van der Waals surface area contributed by atoms with Crippen molar-refractivity contribution in [2.75, 3.05) is 19.8 Å². The summed E-state index contributed by atoms with van der Waals surface area (Å²) in [5, 5.41) is 3.67. The Hall–Kier alpha value is -1.11. The van der Waals surface area contributed by atoms with Gasteiger partial charge in [-0.2, -0.15) is 0 Å². The number of nitrogens with one attached hydrogen (secondary N) is 1. The quantitative estimate of drug-likeness (QED) is 0.859. The SMILES string of the molecule is CN(C)S(=O)(=O)CCC(=O)NC1(c2ccc(Cl)cc2)CCC1. The Morgan fingerprint density at radius 3 is 2.32 bits per heavy atom. The van der Waals surface area contributed by atoms with Gasteiger partial charge in [0.2, 0.25) is 15.9 Å². The van der Waals surface area contributed by atoms with Crippen molar-refractivity contribution < 1.29 is 13.2 Å². The first kappa shape index (κ1) is 17.2. The minimum absolute atomic E-state index is 0.0319. The highest BCUT2D eigenvalue weighted by Gasteiger charge is 2.39. The summed E-state index contributed by atoms with van der Waals surface area (Å²) in [7, 11) is -0.419. The third-order valence-corrected chi connectivity index (χ3v) is 6.21. The summed E-state index contributed by atoms with van der Waals surface area (Å²) in [6, 6.07) is 7.44. The van der Waals surface area contributed by atoms with Crippen molar-refractivity contribution in [1.82, 2.24) is 9.62 Å². The molecule has 7 heteroatoms. The first-order valence-electron chi connectivity index (χ1n) is 7.22. The molecule has 0 aliphatic heterocycles. The van der Waals surface area contributed by atoms with E-state index in [1.54, 1.807) is 12.1 Å². The molecule has 0 radical (unpaired) electrons. The first-order valence-corrected chi connectivity index (χ1v) is 9.21. The number of rotatable bonds is 6. The van der Waals surface area contributed by atoms with E-state index in [1.165, 1.54) is 14.1 Å². The number of amides is 1. The van der Waals surface area contributed by atoms with Crippen LogP contribution in [-0.2, 0) is 20.4 Å². The Kier molecular flexibility index (Phi) is 5.14. The molecule has 1 aliphatic carbocycles. The van der Waals surface area contributed by atoms with E-state index < -0.39 is 10.0 Å². The molecule has 0 unspecified atom stereocenters. The van der Waals surface area contributed by atoms with Gasteiger partial charge in [0.1, 0.15) is 0 Å². The first-order chi connectivity index (χ1) is 10.3. The van der Waals surface area contributed by atoms with Crippen LogP contribution in [0.2, 0.25) is 5.02 Å². The van der Waals surface area contributed by atoms with E-state index in [-0.39, 0.29) is 23.6 Å². The molecule has 0 heterocycles. The maximum atomic E-state index is 12.1.